The maximum absolute atomic E-state index is 12.5. The van der Waals surface area contributed by atoms with Crippen LogP contribution in [0.15, 0.2) is 72.8 Å². The van der Waals surface area contributed by atoms with Gasteiger partial charge in [-0.05, 0) is 61.7 Å². The lowest BCUT2D eigenvalue weighted by Gasteiger charge is -2.28. The molecule has 0 saturated heterocycles. The van der Waals surface area contributed by atoms with Gasteiger partial charge in [0.25, 0.3) is 0 Å². The molecular formula is C29H35N3O5S. The Balaban J connectivity index is 1.60. The minimum absolute atomic E-state index is 0.0283. The number of nitrogens with zero attached hydrogens (tertiary/aromatic N) is 2. The third-order valence-electron chi connectivity index (χ3n) is 5.99. The number of methoxy groups -OCH3 is 1. The summed E-state index contributed by atoms with van der Waals surface area (Å²) in [5.41, 5.74) is 2.24. The Labute approximate surface area is 225 Å². The molecule has 0 fully saturated rings. The maximum Gasteiger partial charge on any atom is 0.232 e. The van der Waals surface area contributed by atoms with Crippen molar-refractivity contribution in [2.24, 2.45) is 0 Å². The number of nitrogens with one attached hydrogen (secondary N) is 1. The van der Waals surface area contributed by atoms with Gasteiger partial charge in [-0.1, -0.05) is 42.5 Å². The van der Waals surface area contributed by atoms with E-state index in [4.69, 9.17) is 9.47 Å². The van der Waals surface area contributed by atoms with Crippen molar-refractivity contribution < 1.29 is 23.0 Å². The van der Waals surface area contributed by atoms with Gasteiger partial charge >= 0.3 is 0 Å². The van der Waals surface area contributed by atoms with E-state index in [9.17, 15) is 18.8 Å². The van der Waals surface area contributed by atoms with Crippen LogP contribution in [0, 0.1) is 11.3 Å². The molecule has 0 bridgehead atoms. The molecule has 0 aliphatic heterocycles. The number of rotatable bonds is 13. The van der Waals surface area contributed by atoms with E-state index in [1.165, 1.54) is 10.4 Å². The quantitative estimate of drug-likeness (QED) is 0.340. The van der Waals surface area contributed by atoms with Crippen molar-refractivity contribution in [2.75, 3.05) is 30.8 Å². The summed E-state index contributed by atoms with van der Waals surface area (Å²) in [6.45, 7) is 4.52. The molecule has 0 aliphatic carbocycles. The first kappa shape index (κ1) is 29.0. The number of aliphatic hydroxyl groups is 1. The molecule has 0 spiro atoms. The number of sulfonamides is 1. The van der Waals surface area contributed by atoms with Crippen LogP contribution in [0.2, 0.25) is 0 Å². The van der Waals surface area contributed by atoms with E-state index in [1.54, 1.807) is 19.2 Å². The van der Waals surface area contributed by atoms with E-state index < -0.39 is 16.1 Å². The maximum atomic E-state index is 12.5. The zero-order chi connectivity index (χ0) is 27.8. The van der Waals surface area contributed by atoms with Gasteiger partial charge in [-0.15, -0.1) is 0 Å². The number of β-amino-alcohol motifs (C(OH)–C–C–N with tert-alkyl or cyclic N) is 1. The molecule has 0 aromatic heterocycles. The molecule has 3 aromatic carbocycles. The number of ether oxygens (including phenoxy) is 2. The van der Waals surface area contributed by atoms with Crippen molar-refractivity contribution in [3.05, 3.63) is 89.5 Å². The lowest BCUT2D eigenvalue weighted by Crippen LogP contribution is -2.46. The monoisotopic (exact) mass is 537 g/mol. The third-order valence-corrected chi connectivity index (χ3v) is 7.13. The van der Waals surface area contributed by atoms with Gasteiger partial charge in [0.1, 0.15) is 30.3 Å². The van der Waals surface area contributed by atoms with Gasteiger partial charge in [-0.2, -0.15) is 5.26 Å². The summed E-state index contributed by atoms with van der Waals surface area (Å²) in [5.74, 6) is 1.08. The Morgan fingerprint density at radius 3 is 2.34 bits per heavy atom. The molecule has 202 valence electrons. The number of nitriles is 1. The van der Waals surface area contributed by atoms with Gasteiger partial charge in [-0.3, -0.25) is 4.31 Å². The molecule has 1 unspecified atom stereocenters. The predicted molar refractivity (Wildman–Crippen MR) is 149 cm³/mol. The Morgan fingerprint density at radius 2 is 1.74 bits per heavy atom. The topological polar surface area (TPSA) is 112 Å². The van der Waals surface area contributed by atoms with Crippen LogP contribution in [0.3, 0.4) is 0 Å². The second-order valence-electron chi connectivity index (χ2n) is 9.80. The molecule has 38 heavy (non-hydrogen) atoms. The van der Waals surface area contributed by atoms with Gasteiger partial charge in [0.05, 0.1) is 31.2 Å². The van der Waals surface area contributed by atoms with Crippen molar-refractivity contribution in [3.63, 3.8) is 0 Å². The van der Waals surface area contributed by atoms with Gasteiger partial charge in [0.15, 0.2) is 0 Å². The van der Waals surface area contributed by atoms with E-state index in [0.29, 0.717) is 12.2 Å². The SMILES string of the molecule is COc1ccc(CC(C)(C)NCC(O)COc2ccc(N(Cc3ccccc3)S(C)(=O)=O)cc2C#N)cc1. The van der Waals surface area contributed by atoms with Crippen LogP contribution in [0.1, 0.15) is 30.5 Å². The second-order valence-corrected chi connectivity index (χ2v) is 11.7. The normalized spacial score (nSPS) is 12.4. The molecule has 3 rings (SSSR count). The van der Waals surface area contributed by atoms with Crippen LogP contribution in [-0.2, 0) is 23.0 Å². The molecular weight excluding hydrogens is 502 g/mol. The number of hydrogen-bond acceptors (Lipinski definition) is 7. The summed E-state index contributed by atoms with van der Waals surface area (Å²) >= 11 is 0. The molecule has 0 heterocycles. The average Bonchev–Trinajstić information content (AvgIpc) is 2.89. The highest BCUT2D eigenvalue weighted by atomic mass is 32.2. The Hall–Kier alpha value is -3.58. The lowest BCUT2D eigenvalue weighted by atomic mass is 9.94. The minimum Gasteiger partial charge on any atom is -0.497 e. The van der Waals surface area contributed by atoms with Gasteiger partial charge in [0.2, 0.25) is 10.0 Å². The average molecular weight is 538 g/mol. The van der Waals surface area contributed by atoms with E-state index in [0.717, 1.165) is 29.6 Å². The van der Waals surface area contributed by atoms with Crippen LogP contribution in [0.5, 0.6) is 11.5 Å². The summed E-state index contributed by atoms with van der Waals surface area (Å²) in [6.07, 6.45) is 1.07. The summed E-state index contributed by atoms with van der Waals surface area (Å²) < 4.78 is 37.2. The smallest absolute Gasteiger partial charge is 0.232 e. The van der Waals surface area contributed by atoms with Crippen molar-refractivity contribution in [1.29, 1.82) is 5.26 Å². The zero-order valence-corrected chi connectivity index (χ0v) is 23.0. The van der Waals surface area contributed by atoms with E-state index in [2.05, 4.69) is 25.2 Å². The summed E-state index contributed by atoms with van der Waals surface area (Å²) in [6, 6.07) is 23.8. The fraction of sp³-hybridized carbons (Fsp3) is 0.345. The van der Waals surface area contributed by atoms with Crippen LogP contribution in [0.25, 0.3) is 0 Å². The molecule has 2 N–H and O–H groups in total. The van der Waals surface area contributed by atoms with Crippen molar-refractivity contribution >= 4 is 15.7 Å². The van der Waals surface area contributed by atoms with E-state index in [-0.39, 0.29) is 30.0 Å². The minimum atomic E-state index is -3.60. The number of benzene rings is 3. The number of aliphatic hydroxyl groups excluding tert-OH is 1. The summed E-state index contributed by atoms with van der Waals surface area (Å²) in [5, 5.41) is 23.6. The molecule has 9 heteroatoms. The van der Waals surface area contributed by atoms with Gasteiger partial charge in [-0.25, -0.2) is 8.42 Å². The largest absolute Gasteiger partial charge is 0.497 e. The van der Waals surface area contributed by atoms with Crippen LogP contribution in [0.4, 0.5) is 5.69 Å². The van der Waals surface area contributed by atoms with Crippen LogP contribution in [-0.4, -0.2) is 51.7 Å². The Kier molecular flexibility index (Phi) is 9.75. The molecule has 0 radical (unpaired) electrons. The van der Waals surface area contributed by atoms with Crippen molar-refractivity contribution in [2.45, 2.75) is 38.5 Å². The Morgan fingerprint density at radius 1 is 1.05 bits per heavy atom. The molecule has 0 saturated carbocycles. The highest BCUT2D eigenvalue weighted by Gasteiger charge is 2.21. The molecule has 1 atom stereocenters. The van der Waals surface area contributed by atoms with Gasteiger partial charge < -0.3 is 19.9 Å². The second kappa shape index (κ2) is 12.8. The van der Waals surface area contributed by atoms with Crippen molar-refractivity contribution in [1.82, 2.24) is 5.32 Å². The first-order chi connectivity index (χ1) is 18.0. The molecule has 8 nitrogen and oxygen atoms in total. The third kappa shape index (κ3) is 8.48. The fourth-order valence-electron chi connectivity index (χ4n) is 3.99. The van der Waals surface area contributed by atoms with Crippen LogP contribution < -0.4 is 19.1 Å². The number of anilines is 1. The van der Waals surface area contributed by atoms with Crippen molar-refractivity contribution in [3.8, 4) is 17.6 Å². The van der Waals surface area contributed by atoms with Crippen LogP contribution >= 0.6 is 0 Å². The first-order valence-corrected chi connectivity index (χ1v) is 14.1. The van der Waals surface area contributed by atoms with Gasteiger partial charge in [0, 0.05) is 12.1 Å². The van der Waals surface area contributed by atoms with E-state index in [1.807, 2.05) is 54.6 Å². The number of hydrogen-bond donors (Lipinski definition) is 2. The zero-order valence-electron chi connectivity index (χ0n) is 22.2. The fourth-order valence-corrected chi connectivity index (χ4v) is 4.87. The lowest BCUT2D eigenvalue weighted by molar-refractivity contribution is 0.0987. The molecule has 0 aliphatic rings. The summed E-state index contributed by atoms with van der Waals surface area (Å²) in [4.78, 5) is 0. The first-order valence-electron chi connectivity index (χ1n) is 12.3. The van der Waals surface area contributed by atoms with E-state index >= 15 is 0 Å². The standard InChI is InChI=1S/C29H35N3O5S/c1-29(2,17-22-10-13-27(36-3)14-11-22)31-19-26(33)21-37-28-15-12-25(16-24(28)18-30)32(38(4,34)35)20-23-8-6-5-7-9-23/h5-16,26,31,33H,17,19-21H2,1-4H3. The molecule has 0 amide bonds. The Bertz CT molecular complexity index is 1340. The highest BCUT2D eigenvalue weighted by molar-refractivity contribution is 7.92. The highest BCUT2D eigenvalue weighted by Crippen LogP contribution is 2.28. The summed E-state index contributed by atoms with van der Waals surface area (Å²) in [7, 11) is -1.97. The molecule has 3 aromatic rings. The predicted octanol–water partition coefficient (Wildman–Crippen LogP) is 3.88.